The summed E-state index contributed by atoms with van der Waals surface area (Å²) in [7, 11) is 0. The van der Waals surface area contributed by atoms with Gasteiger partial charge in [-0.15, -0.1) is 0 Å². The van der Waals surface area contributed by atoms with Gasteiger partial charge in [0.2, 0.25) is 0 Å². The maximum Gasteiger partial charge on any atom is 0.0592 e. The first-order chi connectivity index (χ1) is 4.98. The molecule has 2 nitrogen and oxygen atoms in total. The van der Waals surface area contributed by atoms with Crippen molar-refractivity contribution in [3.05, 3.63) is 0 Å². The van der Waals surface area contributed by atoms with E-state index in [1.807, 2.05) is 27.7 Å². The third-order valence-electron chi connectivity index (χ3n) is 1.16. The van der Waals surface area contributed by atoms with E-state index in [0.717, 1.165) is 0 Å². The Balaban J connectivity index is 3.86. The molecule has 0 bridgehead atoms. The topological polar surface area (TPSA) is 32.3 Å². The Labute approximate surface area is 69.0 Å². The molecule has 0 fully saturated rings. The zero-order valence-corrected chi connectivity index (χ0v) is 7.73. The summed E-state index contributed by atoms with van der Waals surface area (Å²) in [5, 5.41) is 11.8. The first-order valence-electron chi connectivity index (χ1n) is 3.86. The molecule has 0 radical (unpaired) electrons. The highest BCUT2D eigenvalue weighted by atomic mass is 16.3. The van der Waals surface area contributed by atoms with E-state index < -0.39 is 0 Å². The van der Waals surface area contributed by atoms with Crippen molar-refractivity contribution in [3.63, 3.8) is 0 Å². The Morgan fingerprint density at radius 2 is 2.00 bits per heavy atom. The largest absolute Gasteiger partial charge is 0.395 e. The van der Waals surface area contributed by atoms with Gasteiger partial charge in [-0.05, 0) is 27.7 Å². The lowest BCUT2D eigenvalue weighted by atomic mass is 9.96. The van der Waals surface area contributed by atoms with Crippen molar-refractivity contribution in [1.82, 2.24) is 5.32 Å². The van der Waals surface area contributed by atoms with E-state index in [0.29, 0.717) is 6.04 Å². The third-order valence-corrected chi connectivity index (χ3v) is 1.16. The molecule has 0 saturated carbocycles. The van der Waals surface area contributed by atoms with Crippen LogP contribution < -0.4 is 5.32 Å². The summed E-state index contributed by atoms with van der Waals surface area (Å²) in [5.74, 6) is 2.93. The van der Waals surface area contributed by atoms with Crippen molar-refractivity contribution in [2.24, 2.45) is 5.41 Å². The summed E-state index contributed by atoms with van der Waals surface area (Å²) >= 11 is 0. The molecule has 0 aromatic rings. The van der Waals surface area contributed by atoms with E-state index in [2.05, 4.69) is 17.3 Å². The minimum absolute atomic E-state index is 0.0970. The predicted octanol–water partition coefficient (Wildman–Crippen LogP) is 0.964. The zero-order chi connectivity index (χ0) is 8.91. The molecular formula is C9H17NO. The molecule has 0 aliphatic heterocycles. The van der Waals surface area contributed by atoms with Gasteiger partial charge in [0.15, 0.2) is 0 Å². The molecule has 2 heteroatoms. The van der Waals surface area contributed by atoms with Gasteiger partial charge < -0.3 is 10.4 Å². The fraction of sp³-hybridized carbons (Fsp3) is 0.778. The smallest absolute Gasteiger partial charge is 0.0592 e. The van der Waals surface area contributed by atoms with Crippen LogP contribution in [-0.2, 0) is 0 Å². The quantitative estimate of drug-likeness (QED) is 0.460. The van der Waals surface area contributed by atoms with Crippen LogP contribution in [0.25, 0.3) is 0 Å². The fourth-order valence-electron chi connectivity index (χ4n) is 0.389. The first-order valence-corrected chi connectivity index (χ1v) is 3.86. The minimum atomic E-state index is -0.290. The highest BCUT2D eigenvalue weighted by Gasteiger charge is 2.11. The molecule has 0 spiro atoms. The van der Waals surface area contributed by atoms with E-state index >= 15 is 0 Å². The van der Waals surface area contributed by atoms with Gasteiger partial charge in [-0.3, -0.25) is 0 Å². The minimum Gasteiger partial charge on any atom is -0.395 e. The van der Waals surface area contributed by atoms with Crippen LogP contribution in [0.3, 0.4) is 0 Å². The fourth-order valence-corrected chi connectivity index (χ4v) is 0.389. The van der Waals surface area contributed by atoms with Crippen LogP contribution in [0, 0.1) is 17.4 Å². The Bertz CT molecular complexity index is 162. The van der Waals surface area contributed by atoms with Crippen LogP contribution in [-0.4, -0.2) is 17.8 Å². The summed E-state index contributed by atoms with van der Waals surface area (Å²) < 4.78 is 0. The van der Waals surface area contributed by atoms with Gasteiger partial charge in [0, 0.05) is 12.1 Å². The average molecular weight is 155 g/mol. The van der Waals surface area contributed by atoms with Crippen LogP contribution in [0.1, 0.15) is 27.7 Å². The average Bonchev–Trinajstić information content (AvgIpc) is 1.87. The molecule has 2 N–H and O–H groups in total. The van der Waals surface area contributed by atoms with Crippen molar-refractivity contribution < 1.29 is 5.11 Å². The molecule has 0 amide bonds. The van der Waals surface area contributed by atoms with Crippen molar-refractivity contribution in [1.29, 1.82) is 0 Å². The number of hydrogen-bond donors (Lipinski definition) is 2. The lowest BCUT2D eigenvalue weighted by Gasteiger charge is -2.12. The van der Waals surface area contributed by atoms with E-state index in [4.69, 9.17) is 5.11 Å². The summed E-state index contributed by atoms with van der Waals surface area (Å²) in [6.45, 7) is 7.96. The number of rotatable bonds is 2. The number of aliphatic hydroxyl groups excluding tert-OH is 1. The Morgan fingerprint density at radius 3 is 2.36 bits per heavy atom. The van der Waals surface area contributed by atoms with Gasteiger partial charge in [-0.2, -0.15) is 0 Å². The molecule has 0 heterocycles. The van der Waals surface area contributed by atoms with Crippen molar-refractivity contribution >= 4 is 0 Å². The molecule has 0 aliphatic carbocycles. The summed E-state index contributed by atoms with van der Waals surface area (Å²) in [5.41, 5.74) is -0.290. The van der Waals surface area contributed by atoms with Gasteiger partial charge in [0.05, 0.1) is 12.0 Å². The van der Waals surface area contributed by atoms with Gasteiger partial charge in [0.25, 0.3) is 0 Å². The van der Waals surface area contributed by atoms with Crippen LogP contribution in [0.2, 0.25) is 0 Å². The van der Waals surface area contributed by atoms with E-state index in [9.17, 15) is 0 Å². The highest BCUT2D eigenvalue weighted by Crippen LogP contribution is 2.10. The van der Waals surface area contributed by atoms with Crippen LogP contribution >= 0.6 is 0 Å². The Kier molecular flexibility index (Phi) is 3.99. The second-order valence-electron chi connectivity index (χ2n) is 3.59. The number of nitrogens with one attached hydrogen (secondary N) is 1. The second kappa shape index (κ2) is 4.25. The van der Waals surface area contributed by atoms with E-state index in [1.165, 1.54) is 0 Å². The molecule has 0 unspecified atom stereocenters. The highest BCUT2D eigenvalue weighted by molar-refractivity contribution is 5.07. The van der Waals surface area contributed by atoms with Gasteiger partial charge in [0.1, 0.15) is 0 Å². The monoisotopic (exact) mass is 155 g/mol. The number of hydrogen-bond acceptors (Lipinski definition) is 2. The van der Waals surface area contributed by atoms with Crippen LogP contribution in [0.5, 0.6) is 0 Å². The standard InChI is InChI=1S/C9H17NO/c1-8(2)10-6-5-9(3,4)7-11/h8,10-11H,7H2,1-4H3. The van der Waals surface area contributed by atoms with Crippen LogP contribution in [0.4, 0.5) is 0 Å². The van der Waals surface area contributed by atoms with E-state index in [1.54, 1.807) is 0 Å². The summed E-state index contributed by atoms with van der Waals surface area (Å²) in [6.07, 6.45) is 0. The molecular weight excluding hydrogens is 138 g/mol. The molecule has 11 heavy (non-hydrogen) atoms. The molecule has 0 rings (SSSR count). The predicted molar refractivity (Wildman–Crippen MR) is 46.9 cm³/mol. The summed E-state index contributed by atoms with van der Waals surface area (Å²) in [6, 6.07) is 3.19. The second-order valence-corrected chi connectivity index (χ2v) is 3.59. The van der Waals surface area contributed by atoms with E-state index in [-0.39, 0.29) is 12.0 Å². The first kappa shape index (κ1) is 10.3. The molecule has 0 aromatic carbocycles. The van der Waals surface area contributed by atoms with Crippen molar-refractivity contribution in [2.75, 3.05) is 6.61 Å². The third kappa shape index (κ3) is 5.75. The van der Waals surface area contributed by atoms with Gasteiger partial charge >= 0.3 is 0 Å². The molecule has 0 aliphatic rings. The van der Waals surface area contributed by atoms with Crippen LogP contribution in [0.15, 0.2) is 0 Å². The van der Waals surface area contributed by atoms with Crippen molar-refractivity contribution in [3.8, 4) is 12.0 Å². The molecule has 64 valence electrons. The maximum absolute atomic E-state index is 8.83. The zero-order valence-electron chi connectivity index (χ0n) is 7.73. The summed E-state index contributed by atoms with van der Waals surface area (Å²) in [4.78, 5) is 0. The maximum atomic E-state index is 8.83. The normalized spacial score (nSPS) is 10.7. The van der Waals surface area contributed by atoms with Gasteiger partial charge in [-0.25, -0.2) is 0 Å². The van der Waals surface area contributed by atoms with Gasteiger partial charge in [-0.1, -0.05) is 5.92 Å². The Morgan fingerprint density at radius 1 is 1.45 bits per heavy atom. The lowest BCUT2D eigenvalue weighted by molar-refractivity contribution is 0.206. The SMILES string of the molecule is CC(C)NC#CC(C)(C)CO. The number of aliphatic hydroxyl groups is 1. The Hall–Kier alpha value is -0.680. The van der Waals surface area contributed by atoms with Crippen molar-refractivity contribution in [2.45, 2.75) is 33.7 Å². The molecule has 0 atom stereocenters. The molecule has 0 saturated heterocycles. The lowest BCUT2D eigenvalue weighted by Crippen LogP contribution is -2.19. The molecule has 0 aromatic heterocycles.